The summed E-state index contributed by atoms with van der Waals surface area (Å²) in [6.45, 7) is 5.41. The minimum Gasteiger partial charge on any atom is -0.361 e. The van der Waals surface area contributed by atoms with Gasteiger partial charge in [-0.3, -0.25) is 9.89 Å². The highest BCUT2D eigenvalue weighted by atomic mass is 16.5. The van der Waals surface area contributed by atoms with Crippen molar-refractivity contribution in [2.45, 2.75) is 39.0 Å². The second-order valence-electron chi connectivity index (χ2n) is 5.64. The molecule has 6 nitrogen and oxygen atoms in total. The number of carbonyl (C=O) groups is 1. The average molecular weight is 288 g/mol. The molecule has 3 rings (SSSR count). The van der Waals surface area contributed by atoms with Crippen LogP contribution in [0.15, 0.2) is 16.8 Å². The molecule has 1 fully saturated rings. The molecule has 1 amide bonds. The Morgan fingerprint density at radius 1 is 1.52 bits per heavy atom. The SMILES string of the molecule is Cc1noc(C)c1CCC(=O)N1CC[C@H](c2ccn[nH]2)C1. The van der Waals surface area contributed by atoms with Crippen molar-refractivity contribution < 1.29 is 9.32 Å². The molecule has 2 aromatic heterocycles. The predicted octanol–water partition coefficient (Wildman–Crippen LogP) is 1.96. The molecule has 2 aromatic rings. The summed E-state index contributed by atoms with van der Waals surface area (Å²) in [4.78, 5) is 14.3. The zero-order valence-corrected chi connectivity index (χ0v) is 12.4. The van der Waals surface area contributed by atoms with Crippen molar-refractivity contribution >= 4 is 5.91 Å². The Morgan fingerprint density at radius 2 is 2.38 bits per heavy atom. The van der Waals surface area contributed by atoms with Gasteiger partial charge in [0.2, 0.25) is 5.91 Å². The van der Waals surface area contributed by atoms with Gasteiger partial charge in [0.15, 0.2) is 0 Å². The smallest absolute Gasteiger partial charge is 0.222 e. The number of hydrogen-bond acceptors (Lipinski definition) is 4. The zero-order valence-electron chi connectivity index (χ0n) is 12.4. The Balaban J connectivity index is 1.55. The predicted molar refractivity (Wildman–Crippen MR) is 76.8 cm³/mol. The van der Waals surface area contributed by atoms with Gasteiger partial charge in [0.25, 0.3) is 0 Å². The Kier molecular flexibility index (Phi) is 3.77. The molecule has 0 aromatic carbocycles. The number of aromatic amines is 1. The molecule has 6 heteroatoms. The molecular weight excluding hydrogens is 268 g/mol. The van der Waals surface area contributed by atoms with Gasteiger partial charge < -0.3 is 9.42 Å². The van der Waals surface area contributed by atoms with Gasteiger partial charge in [-0.2, -0.15) is 5.10 Å². The summed E-state index contributed by atoms with van der Waals surface area (Å²) in [5.41, 5.74) is 3.07. The number of H-pyrrole nitrogens is 1. The monoisotopic (exact) mass is 288 g/mol. The van der Waals surface area contributed by atoms with Gasteiger partial charge in [-0.1, -0.05) is 5.16 Å². The summed E-state index contributed by atoms with van der Waals surface area (Å²) in [5.74, 6) is 1.41. The Bertz CT molecular complexity index is 598. The third-order valence-electron chi connectivity index (χ3n) is 4.27. The number of aryl methyl sites for hydroxylation is 2. The number of amides is 1. The van der Waals surface area contributed by atoms with E-state index in [0.29, 0.717) is 18.8 Å². The molecule has 1 N–H and O–H groups in total. The standard InChI is InChI=1S/C15H20N4O2/c1-10-13(11(2)21-18-10)3-4-15(20)19-8-6-12(9-19)14-5-7-16-17-14/h5,7,12H,3-4,6,8-9H2,1-2H3,(H,16,17)/t12-/m0/s1. The molecular formula is C15H20N4O2. The maximum atomic E-state index is 12.3. The van der Waals surface area contributed by atoms with Gasteiger partial charge >= 0.3 is 0 Å². The quantitative estimate of drug-likeness (QED) is 0.933. The summed E-state index contributed by atoms with van der Waals surface area (Å²) < 4.78 is 5.13. The number of carbonyl (C=O) groups excluding carboxylic acids is 1. The molecule has 0 unspecified atom stereocenters. The van der Waals surface area contributed by atoms with E-state index in [4.69, 9.17) is 4.52 Å². The average Bonchev–Trinajstić information content (AvgIpc) is 3.18. The van der Waals surface area contributed by atoms with Crippen LogP contribution < -0.4 is 0 Å². The fourth-order valence-electron chi connectivity index (χ4n) is 2.98. The highest BCUT2D eigenvalue weighted by molar-refractivity contribution is 5.77. The summed E-state index contributed by atoms with van der Waals surface area (Å²) >= 11 is 0. The first-order chi connectivity index (χ1) is 10.1. The molecule has 0 bridgehead atoms. The van der Waals surface area contributed by atoms with Gasteiger partial charge in [0.05, 0.1) is 5.69 Å². The Labute approximate surface area is 123 Å². The summed E-state index contributed by atoms with van der Waals surface area (Å²) in [7, 11) is 0. The van der Waals surface area contributed by atoms with Crippen molar-refractivity contribution in [2.75, 3.05) is 13.1 Å². The lowest BCUT2D eigenvalue weighted by Crippen LogP contribution is -2.28. The minimum atomic E-state index is 0.206. The number of rotatable bonds is 4. The molecule has 0 spiro atoms. The van der Waals surface area contributed by atoms with Gasteiger partial charge in [0, 0.05) is 42.9 Å². The van der Waals surface area contributed by atoms with E-state index in [1.54, 1.807) is 6.20 Å². The Hall–Kier alpha value is -2.11. The van der Waals surface area contributed by atoms with Crippen molar-refractivity contribution in [3.05, 3.63) is 35.0 Å². The fourth-order valence-corrected chi connectivity index (χ4v) is 2.98. The van der Waals surface area contributed by atoms with Crippen LogP contribution in [0.25, 0.3) is 0 Å². The van der Waals surface area contributed by atoms with E-state index in [0.717, 1.165) is 42.2 Å². The van der Waals surface area contributed by atoms with Crippen molar-refractivity contribution in [1.82, 2.24) is 20.3 Å². The van der Waals surface area contributed by atoms with Crippen LogP contribution in [0.1, 0.15) is 41.5 Å². The zero-order chi connectivity index (χ0) is 14.8. The van der Waals surface area contributed by atoms with Gasteiger partial charge in [-0.05, 0) is 32.8 Å². The number of hydrogen-bond donors (Lipinski definition) is 1. The van der Waals surface area contributed by atoms with Crippen molar-refractivity contribution in [2.24, 2.45) is 0 Å². The molecule has 21 heavy (non-hydrogen) atoms. The lowest BCUT2D eigenvalue weighted by Gasteiger charge is -2.16. The molecule has 1 aliphatic rings. The molecule has 1 aliphatic heterocycles. The highest BCUT2D eigenvalue weighted by Gasteiger charge is 2.28. The molecule has 112 valence electrons. The van der Waals surface area contributed by atoms with E-state index in [-0.39, 0.29) is 5.91 Å². The van der Waals surface area contributed by atoms with Gasteiger partial charge in [0.1, 0.15) is 5.76 Å². The molecule has 0 saturated carbocycles. The van der Waals surface area contributed by atoms with Gasteiger partial charge in [-0.25, -0.2) is 0 Å². The first-order valence-electron chi connectivity index (χ1n) is 7.34. The van der Waals surface area contributed by atoms with Crippen LogP contribution in [0.5, 0.6) is 0 Å². The first kappa shape index (κ1) is 13.9. The van der Waals surface area contributed by atoms with Crippen molar-refractivity contribution in [1.29, 1.82) is 0 Å². The van der Waals surface area contributed by atoms with E-state index in [2.05, 4.69) is 15.4 Å². The first-order valence-corrected chi connectivity index (χ1v) is 7.34. The normalized spacial score (nSPS) is 18.4. The van der Waals surface area contributed by atoms with Crippen molar-refractivity contribution in [3.63, 3.8) is 0 Å². The summed E-state index contributed by atoms with van der Waals surface area (Å²) in [5, 5.41) is 10.9. The van der Waals surface area contributed by atoms with Crippen molar-refractivity contribution in [3.8, 4) is 0 Å². The highest BCUT2D eigenvalue weighted by Crippen LogP contribution is 2.26. The second kappa shape index (κ2) is 5.71. The molecule has 1 saturated heterocycles. The fraction of sp³-hybridized carbons (Fsp3) is 0.533. The van der Waals surface area contributed by atoms with E-state index in [1.165, 1.54) is 0 Å². The topological polar surface area (TPSA) is 75.0 Å². The van der Waals surface area contributed by atoms with Crippen LogP contribution in [-0.4, -0.2) is 39.3 Å². The van der Waals surface area contributed by atoms with Crippen LogP contribution in [-0.2, 0) is 11.2 Å². The summed E-state index contributed by atoms with van der Waals surface area (Å²) in [6, 6.07) is 1.99. The number of aromatic nitrogens is 3. The molecule has 3 heterocycles. The van der Waals surface area contributed by atoms with Gasteiger partial charge in [-0.15, -0.1) is 0 Å². The van der Waals surface area contributed by atoms with Crippen LogP contribution in [0, 0.1) is 13.8 Å². The molecule has 1 atom stereocenters. The summed E-state index contributed by atoms with van der Waals surface area (Å²) in [6.07, 6.45) is 3.97. The van der Waals surface area contributed by atoms with Crippen LogP contribution in [0.4, 0.5) is 0 Å². The maximum absolute atomic E-state index is 12.3. The van der Waals surface area contributed by atoms with Crippen LogP contribution in [0.3, 0.4) is 0 Å². The lowest BCUT2D eigenvalue weighted by atomic mass is 10.1. The van der Waals surface area contributed by atoms with E-state index >= 15 is 0 Å². The Morgan fingerprint density at radius 3 is 3.05 bits per heavy atom. The molecule has 0 aliphatic carbocycles. The minimum absolute atomic E-state index is 0.206. The van der Waals surface area contributed by atoms with E-state index < -0.39 is 0 Å². The third-order valence-corrected chi connectivity index (χ3v) is 4.27. The van der Waals surface area contributed by atoms with E-state index in [9.17, 15) is 4.79 Å². The second-order valence-corrected chi connectivity index (χ2v) is 5.64. The number of nitrogens with zero attached hydrogens (tertiary/aromatic N) is 3. The molecule has 0 radical (unpaired) electrons. The van der Waals surface area contributed by atoms with Crippen LogP contribution in [0.2, 0.25) is 0 Å². The van der Waals surface area contributed by atoms with Crippen LogP contribution >= 0.6 is 0 Å². The van der Waals surface area contributed by atoms with E-state index in [1.807, 2.05) is 24.8 Å². The maximum Gasteiger partial charge on any atom is 0.222 e. The largest absolute Gasteiger partial charge is 0.361 e. The third kappa shape index (κ3) is 2.84. The number of nitrogens with one attached hydrogen (secondary N) is 1. The lowest BCUT2D eigenvalue weighted by molar-refractivity contribution is -0.130. The number of likely N-dealkylation sites (tertiary alicyclic amines) is 1.